The minimum absolute atomic E-state index is 0.210. The normalized spacial score (nSPS) is 12.6. The Bertz CT molecular complexity index is 479. The molecule has 1 atom stereocenters. The molecule has 2 aromatic rings. The fraction of sp³-hybridized carbons (Fsp3) is 0.286. The van der Waals surface area contributed by atoms with Gasteiger partial charge >= 0.3 is 0 Å². The Morgan fingerprint density at radius 3 is 2.82 bits per heavy atom. The van der Waals surface area contributed by atoms with Gasteiger partial charge in [-0.1, -0.05) is 24.6 Å². The van der Waals surface area contributed by atoms with Gasteiger partial charge in [0.15, 0.2) is 0 Å². The molecule has 0 saturated carbocycles. The maximum Gasteiger partial charge on any atom is 0.128 e. The first-order chi connectivity index (χ1) is 8.22. The SMILES string of the molecule is CCNC(c1ccco1)c1cc(C)ccc1F. The van der Waals surface area contributed by atoms with Crippen LogP contribution in [0, 0.1) is 12.7 Å². The Kier molecular flexibility index (Phi) is 3.59. The summed E-state index contributed by atoms with van der Waals surface area (Å²) in [5.41, 5.74) is 1.66. The molecule has 90 valence electrons. The lowest BCUT2D eigenvalue weighted by Gasteiger charge is -2.17. The third-order valence-corrected chi connectivity index (χ3v) is 2.70. The smallest absolute Gasteiger partial charge is 0.128 e. The van der Waals surface area contributed by atoms with Crippen LogP contribution >= 0.6 is 0 Å². The predicted molar refractivity (Wildman–Crippen MR) is 65.4 cm³/mol. The zero-order valence-corrected chi connectivity index (χ0v) is 10.0. The fourth-order valence-electron chi connectivity index (χ4n) is 1.91. The van der Waals surface area contributed by atoms with Crippen molar-refractivity contribution in [3.05, 3.63) is 59.3 Å². The summed E-state index contributed by atoms with van der Waals surface area (Å²) in [6, 6.07) is 8.56. The van der Waals surface area contributed by atoms with E-state index in [-0.39, 0.29) is 11.9 Å². The second-order valence-electron chi connectivity index (χ2n) is 4.03. The molecule has 0 fully saturated rings. The van der Waals surface area contributed by atoms with Crippen LogP contribution in [-0.2, 0) is 0 Å². The highest BCUT2D eigenvalue weighted by Crippen LogP contribution is 2.25. The molecule has 1 aromatic carbocycles. The Morgan fingerprint density at radius 1 is 1.35 bits per heavy atom. The van der Waals surface area contributed by atoms with E-state index in [1.54, 1.807) is 12.3 Å². The number of hydrogen-bond donors (Lipinski definition) is 1. The molecule has 0 aliphatic heterocycles. The Hall–Kier alpha value is -1.61. The number of aryl methyl sites for hydroxylation is 1. The number of nitrogens with one attached hydrogen (secondary N) is 1. The standard InChI is InChI=1S/C14H16FNO/c1-3-16-14(13-5-4-8-17-13)11-9-10(2)6-7-12(11)15/h4-9,14,16H,3H2,1-2H3. The van der Waals surface area contributed by atoms with Crippen molar-refractivity contribution in [3.8, 4) is 0 Å². The molecule has 1 N–H and O–H groups in total. The second-order valence-corrected chi connectivity index (χ2v) is 4.03. The lowest BCUT2D eigenvalue weighted by molar-refractivity contribution is 0.441. The van der Waals surface area contributed by atoms with Crippen molar-refractivity contribution in [2.45, 2.75) is 19.9 Å². The van der Waals surface area contributed by atoms with E-state index in [9.17, 15) is 4.39 Å². The van der Waals surface area contributed by atoms with Crippen molar-refractivity contribution in [1.82, 2.24) is 5.32 Å². The van der Waals surface area contributed by atoms with Crippen LogP contribution in [0.25, 0.3) is 0 Å². The highest BCUT2D eigenvalue weighted by molar-refractivity contribution is 5.31. The highest BCUT2D eigenvalue weighted by atomic mass is 19.1. The highest BCUT2D eigenvalue weighted by Gasteiger charge is 2.19. The summed E-state index contributed by atoms with van der Waals surface area (Å²) in [5.74, 6) is 0.523. The van der Waals surface area contributed by atoms with Gasteiger partial charge in [-0.05, 0) is 31.7 Å². The van der Waals surface area contributed by atoms with E-state index < -0.39 is 0 Å². The van der Waals surface area contributed by atoms with Crippen LogP contribution in [0.3, 0.4) is 0 Å². The molecule has 0 amide bonds. The molecule has 0 aliphatic rings. The van der Waals surface area contributed by atoms with Crippen molar-refractivity contribution >= 4 is 0 Å². The number of rotatable bonds is 4. The molecular formula is C14H16FNO. The quantitative estimate of drug-likeness (QED) is 0.875. The van der Waals surface area contributed by atoms with Gasteiger partial charge in [0.25, 0.3) is 0 Å². The third kappa shape index (κ3) is 2.56. The van der Waals surface area contributed by atoms with Crippen molar-refractivity contribution < 1.29 is 8.81 Å². The molecule has 0 aliphatic carbocycles. The van der Waals surface area contributed by atoms with E-state index in [1.807, 2.05) is 32.0 Å². The summed E-state index contributed by atoms with van der Waals surface area (Å²) in [7, 11) is 0. The molecule has 0 radical (unpaired) electrons. The fourth-order valence-corrected chi connectivity index (χ4v) is 1.91. The molecule has 17 heavy (non-hydrogen) atoms. The summed E-state index contributed by atoms with van der Waals surface area (Å²) in [4.78, 5) is 0. The van der Waals surface area contributed by atoms with Crippen LogP contribution in [0.5, 0.6) is 0 Å². The van der Waals surface area contributed by atoms with Crippen LogP contribution in [-0.4, -0.2) is 6.54 Å². The van der Waals surface area contributed by atoms with E-state index in [1.165, 1.54) is 6.07 Å². The average Bonchev–Trinajstić information content (AvgIpc) is 2.83. The molecule has 3 heteroatoms. The third-order valence-electron chi connectivity index (χ3n) is 2.70. The van der Waals surface area contributed by atoms with E-state index >= 15 is 0 Å². The largest absolute Gasteiger partial charge is 0.467 e. The minimum atomic E-state index is -0.227. The molecule has 2 nitrogen and oxygen atoms in total. The predicted octanol–water partition coefficient (Wildman–Crippen LogP) is 3.43. The van der Waals surface area contributed by atoms with Crippen molar-refractivity contribution in [2.24, 2.45) is 0 Å². The van der Waals surface area contributed by atoms with Crippen LogP contribution < -0.4 is 5.32 Å². The number of hydrogen-bond acceptors (Lipinski definition) is 2. The summed E-state index contributed by atoms with van der Waals surface area (Å²) < 4.78 is 19.2. The zero-order chi connectivity index (χ0) is 12.3. The maximum absolute atomic E-state index is 13.9. The molecule has 1 unspecified atom stereocenters. The molecule has 0 saturated heterocycles. The van der Waals surface area contributed by atoms with Crippen molar-refractivity contribution in [2.75, 3.05) is 6.54 Å². The number of benzene rings is 1. The lowest BCUT2D eigenvalue weighted by atomic mass is 10.0. The second kappa shape index (κ2) is 5.15. The van der Waals surface area contributed by atoms with Gasteiger partial charge in [-0.25, -0.2) is 4.39 Å². The van der Waals surface area contributed by atoms with Gasteiger partial charge in [0, 0.05) is 5.56 Å². The van der Waals surface area contributed by atoms with Gasteiger partial charge in [-0.15, -0.1) is 0 Å². The van der Waals surface area contributed by atoms with E-state index in [0.29, 0.717) is 5.56 Å². The monoisotopic (exact) mass is 233 g/mol. The summed E-state index contributed by atoms with van der Waals surface area (Å²) >= 11 is 0. The van der Waals surface area contributed by atoms with Gasteiger partial charge in [-0.2, -0.15) is 0 Å². The van der Waals surface area contributed by atoms with Crippen LogP contribution in [0.1, 0.15) is 29.9 Å². The van der Waals surface area contributed by atoms with Gasteiger partial charge in [-0.3, -0.25) is 0 Å². The van der Waals surface area contributed by atoms with Crippen molar-refractivity contribution in [1.29, 1.82) is 0 Å². The molecular weight excluding hydrogens is 217 g/mol. The van der Waals surface area contributed by atoms with Crippen molar-refractivity contribution in [3.63, 3.8) is 0 Å². The molecule has 0 spiro atoms. The average molecular weight is 233 g/mol. The molecule has 1 heterocycles. The molecule has 0 bridgehead atoms. The van der Waals surface area contributed by atoms with Gasteiger partial charge in [0.1, 0.15) is 11.6 Å². The maximum atomic E-state index is 13.9. The molecule has 2 rings (SSSR count). The summed E-state index contributed by atoms with van der Waals surface area (Å²) in [6.45, 7) is 4.69. The van der Waals surface area contributed by atoms with Gasteiger partial charge in [0.2, 0.25) is 0 Å². The van der Waals surface area contributed by atoms with Crippen LogP contribution in [0.2, 0.25) is 0 Å². The first-order valence-corrected chi connectivity index (χ1v) is 5.75. The first-order valence-electron chi connectivity index (χ1n) is 5.75. The Labute approximate surface area is 100 Å². The summed E-state index contributed by atoms with van der Waals surface area (Å²) in [6.07, 6.45) is 1.60. The van der Waals surface area contributed by atoms with E-state index in [0.717, 1.165) is 17.9 Å². The first kappa shape index (κ1) is 11.9. The minimum Gasteiger partial charge on any atom is -0.467 e. The van der Waals surface area contributed by atoms with Crippen LogP contribution in [0.15, 0.2) is 41.0 Å². The lowest BCUT2D eigenvalue weighted by Crippen LogP contribution is -2.22. The Balaban J connectivity index is 2.42. The summed E-state index contributed by atoms with van der Waals surface area (Å²) in [5, 5.41) is 3.24. The number of furan rings is 1. The van der Waals surface area contributed by atoms with Gasteiger partial charge < -0.3 is 9.73 Å². The zero-order valence-electron chi connectivity index (χ0n) is 10.0. The van der Waals surface area contributed by atoms with E-state index in [2.05, 4.69) is 5.32 Å². The Morgan fingerprint density at radius 2 is 2.18 bits per heavy atom. The molecule has 1 aromatic heterocycles. The van der Waals surface area contributed by atoms with Crippen LogP contribution in [0.4, 0.5) is 4.39 Å². The topological polar surface area (TPSA) is 25.2 Å². The van der Waals surface area contributed by atoms with E-state index in [4.69, 9.17) is 4.42 Å². The van der Waals surface area contributed by atoms with Gasteiger partial charge in [0.05, 0.1) is 12.3 Å². The number of halogens is 1.